The van der Waals surface area contributed by atoms with E-state index in [0.29, 0.717) is 5.75 Å². The lowest BCUT2D eigenvalue weighted by Crippen LogP contribution is -1.86. The van der Waals surface area contributed by atoms with Crippen LogP contribution in [0, 0.1) is 0 Å². The molecule has 1 N–H and O–H groups in total. The van der Waals surface area contributed by atoms with Crippen LogP contribution in [0.1, 0.15) is 11.1 Å². The number of carbonyl (C=O) groups is 1. The minimum atomic E-state index is 0.172. The Morgan fingerprint density at radius 3 is 2.50 bits per heavy atom. The number of aldehydes is 1. The van der Waals surface area contributed by atoms with Gasteiger partial charge in [-0.25, -0.2) is 0 Å². The molecule has 114 valence electrons. The van der Waals surface area contributed by atoms with Crippen LogP contribution < -0.4 is 4.74 Å². The lowest BCUT2D eigenvalue weighted by atomic mass is 10.1. The van der Waals surface area contributed by atoms with Gasteiger partial charge in [-0.3, -0.25) is 4.79 Å². The van der Waals surface area contributed by atoms with E-state index >= 15 is 0 Å². The SMILES string of the molecule is C=CCc1ccc(O)c(OC)c1.O=CC=Cc1ccccc1. The molecule has 0 aliphatic rings. The molecule has 0 aromatic heterocycles. The molecule has 0 bridgehead atoms. The van der Waals surface area contributed by atoms with Crippen molar-refractivity contribution in [2.45, 2.75) is 6.42 Å². The van der Waals surface area contributed by atoms with Crippen LogP contribution in [0.15, 0.2) is 67.3 Å². The van der Waals surface area contributed by atoms with E-state index in [4.69, 9.17) is 4.74 Å². The summed E-state index contributed by atoms with van der Waals surface area (Å²) in [6.07, 6.45) is 6.62. The molecule has 0 aliphatic heterocycles. The number of rotatable bonds is 5. The standard InChI is InChI=1S/C10H12O2.C9H8O/c1-3-4-8-5-6-9(11)10(7-8)12-2;10-8-4-7-9-5-2-1-3-6-9/h3,5-7,11H,1,4H2,2H3;1-8H. The first-order chi connectivity index (χ1) is 10.7. The molecular formula is C19H20O3. The molecule has 2 rings (SSSR count). The van der Waals surface area contributed by atoms with E-state index < -0.39 is 0 Å². The van der Waals surface area contributed by atoms with Crippen molar-refractivity contribution < 1.29 is 14.6 Å². The van der Waals surface area contributed by atoms with Gasteiger partial charge in [0.2, 0.25) is 0 Å². The molecule has 0 spiro atoms. The summed E-state index contributed by atoms with van der Waals surface area (Å²) >= 11 is 0. The highest BCUT2D eigenvalue weighted by Gasteiger charge is 2.00. The molecule has 0 atom stereocenters. The van der Waals surface area contributed by atoms with Crippen molar-refractivity contribution in [2.75, 3.05) is 7.11 Å². The third-order valence-corrected chi connectivity index (χ3v) is 2.79. The van der Waals surface area contributed by atoms with Crippen molar-refractivity contribution in [1.82, 2.24) is 0 Å². The molecule has 0 saturated heterocycles. The van der Waals surface area contributed by atoms with Gasteiger partial charge in [0, 0.05) is 0 Å². The summed E-state index contributed by atoms with van der Waals surface area (Å²) < 4.78 is 4.95. The molecule has 0 aliphatic carbocycles. The summed E-state index contributed by atoms with van der Waals surface area (Å²) in [5.41, 5.74) is 2.13. The molecular weight excluding hydrogens is 276 g/mol. The van der Waals surface area contributed by atoms with Gasteiger partial charge in [-0.2, -0.15) is 0 Å². The van der Waals surface area contributed by atoms with Crippen molar-refractivity contribution in [3.63, 3.8) is 0 Å². The summed E-state index contributed by atoms with van der Waals surface area (Å²) in [6, 6.07) is 15.0. The number of aromatic hydroxyl groups is 1. The monoisotopic (exact) mass is 296 g/mol. The molecule has 0 saturated carbocycles. The maximum Gasteiger partial charge on any atom is 0.160 e. The van der Waals surface area contributed by atoms with Gasteiger partial charge in [0.05, 0.1) is 7.11 Å². The smallest absolute Gasteiger partial charge is 0.160 e. The quantitative estimate of drug-likeness (QED) is 0.515. The fourth-order valence-electron chi connectivity index (χ4n) is 1.73. The Kier molecular flexibility index (Phi) is 7.83. The summed E-state index contributed by atoms with van der Waals surface area (Å²) in [5, 5.41) is 9.25. The van der Waals surface area contributed by atoms with Crippen LogP contribution in [-0.4, -0.2) is 18.5 Å². The Bertz CT molecular complexity index is 616. The minimum absolute atomic E-state index is 0.172. The molecule has 3 nitrogen and oxygen atoms in total. The van der Waals surface area contributed by atoms with Crippen molar-refractivity contribution in [3.8, 4) is 11.5 Å². The number of ether oxygens (including phenoxy) is 1. The topological polar surface area (TPSA) is 46.5 Å². The molecule has 0 heterocycles. The maximum absolute atomic E-state index is 9.89. The Hall–Kier alpha value is -2.81. The summed E-state index contributed by atoms with van der Waals surface area (Å²) in [7, 11) is 1.53. The average Bonchev–Trinajstić information content (AvgIpc) is 2.56. The Morgan fingerprint density at radius 2 is 1.91 bits per heavy atom. The van der Waals surface area contributed by atoms with E-state index in [-0.39, 0.29) is 5.75 Å². The van der Waals surface area contributed by atoms with E-state index in [1.807, 2.05) is 42.5 Å². The van der Waals surface area contributed by atoms with Gasteiger partial charge in [-0.15, -0.1) is 6.58 Å². The van der Waals surface area contributed by atoms with Crippen LogP contribution in [0.5, 0.6) is 11.5 Å². The lowest BCUT2D eigenvalue weighted by Gasteiger charge is -2.04. The van der Waals surface area contributed by atoms with Crippen molar-refractivity contribution in [3.05, 3.63) is 78.4 Å². The Morgan fingerprint density at radius 1 is 1.18 bits per heavy atom. The first kappa shape index (κ1) is 17.2. The highest BCUT2D eigenvalue weighted by molar-refractivity contribution is 5.73. The molecule has 2 aromatic carbocycles. The molecule has 0 radical (unpaired) electrons. The molecule has 3 heteroatoms. The molecule has 2 aromatic rings. The normalized spacial score (nSPS) is 9.68. The summed E-state index contributed by atoms with van der Waals surface area (Å²) in [5.74, 6) is 0.680. The number of methoxy groups -OCH3 is 1. The van der Waals surface area contributed by atoms with Crippen molar-refractivity contribution in [2.24, 2.45) is 0 Å². The van der Waals surface area contributed by atoms with E-state index in [0.717, 1.165) is 23.8 Å². The second-order valence-corrected chi connectivity index (χ2v) is 4.40. The first-order valence-electron chi connectivity index (χ1n) is 6.85. The summed E-state index contributed by atoms with van der Waals surface area (Å²) in [4.78, 5) is 9.89. The van der Waals surface area contributed by atoms with Gasteiger partial charge in [0.1, 0.15) is 6.29 Å². The second-order valence-electron chi connectivity index (χ2n) is 4.40. The number of phenolic OH excluding ortho intramolecular Hbond substituents is 1. The lowest BCUT2D eigenvalue weighted by molar-refractivity contribution is -0.104. The van der Waals surface area contributed by atoms with Gasteiger partial charge >= 0.3 is 0 Å². The van der Waals surface area contributed by atoms with Crippen LogP contribution >= 0.6 is 0 Å². The van der Waals surface area contributed by atoms with Crippen LogP contribution in [-0.2, 0) is 11.2 Å². The number of carbonyl (C=O) groups excluding carboxylic acids is 1. The van der Waals surface area contributed by atoms with Gasteiger partial charge in [0.15, 0.2) is 11.5 Å². The predicted octanol–water partition coefficient (Wildman–Crippen LogP) is 4.03. The highest BCUT2D eigenvalue weighted by Crippen LogP contribution is 2.26. The van der Waals surface area contributed by atoms with Gasteiger partial charge < -0.3 is 9.84 Å². The van der Waals surface area contributed by atoms with Crippen LogP contribution in [0.25, 0.3) is 6.08 Å². The van der Waals surface area contributed by atoms with Gasteiger partial charge in [0.25, 0.3) is 0 Å². The zero-order valence-electron chi connectivity index (χ0n) is 12.6. The maximum atomic E-state index is 9.89. The second kappa shape index (κ2) is 10.00. The predicted molar refractivity (Wildman–Crippen MR) is 90.1 cm³/mol. The Labute approximate surface area is 131 Å². The van der Waals surface area contributed by atoms with Gasteiger partial charge in [-0.05, 0) is 35.8 Å². The number of hydrogen-bond acceptors (Lipinski definition) is 3. The van der Waals surface area contributed by atoms with E-state index in [1.54, 1.807) is 18.2 Å². The molecule has 22 heavy (non-hydrogen) atoms. The number of allylic oxidation sites excluding steroid dienone is 2. The molecule has 0 amide bonds. The third-order valence-electron chi connectivity index (χ3n) is 2.79. The van der Waals surface area contributed by atoms with E-state index in [2.05, 4.69) is 6.58 Å². The fourth-order valence-corrected chi connectivity index (χ4v) is 1.73. The van der Waals surface area contributed by atoms with Crippen LogP contribution in [0.2, 0.25) is 0 Å². The Balaban J connectivity index is 0.000000224. The highest BCUT2D eigenvalue weighted by atomic mass is 16.5. The summed E-state index contributed by atoms with van der Waals surface area (Å²) in [6.45, 7) is 3.63. The van der Waals surface area contributed by atoms with Crippen LogP contribution in [0.4, 0.5) is 0 Å². The molecule has 0 fully saturated rings. The average molecular weight is 296 g/mol. The van der Waals surface area contributed by atoms with Crippen molar-refractivity contribution >= 4 is 12.4 Å². The van der Waals surface area contributed by atoms with Crippen LogP contribution in [0.3, 0.4) is 0 Å². The van der Waals surface area contributed by atoms with Crippen molar-refractivity contribution in [1.29, 1.82) is 0 Å². The van der Waals surface area contributed by atoms with E-state index in [9.17, 15) is 9.90 Å². The zero-order chi connectivity index (χ0) is 16.2. The number of phenols is 1. The molecule has 0 unspecified atom stereocenters. The van der Waals surface area contributed by atoms with E-state index in [1.165, 1.54) is 13.2 Å². The van der Waals surface area contributed by atoms with Gasteiger partial charge in [-0.1, -0.05) is 48.6 Å². The largest absolute Gasteiger partial charge is 0.504 e. The number of benzene rings is 2. The zero-order valence-corrected chi connectivity index (χ0v) is 12.6. The first-order valence-corrected chi connectivity index (χ1v) is 6.85. The number of hydrogen-bond donors (Lipinski definition) is 1. The minimum Gasteiger partial charge on any atom is -0.504 e. The third kappa shape index (κ3) is 6.09. The fraction of sp³-hybridized carbons (Fsp3) is 0.105.